The minimum absolute atomic E-state index is 0.0184. The molecule has 0 aliphatic carbocycles. The Labute approximate surface area is 212 Å². The number of carbonyl (C=O) groups excluding carboxylic acids is 2. The van der Waals surface area contributed by atoms with Crippen LogP contribution in [0.5, 0.6) is 11.5 Å². The highest BCUT2D eigenvalue weighted by Crippen LogP contribution is 2.44. The molecule has 7 nitrogen and oxygen atoms in total. The number of Topliss-reactive ketones (excluding diaryl/α,β-unsaturated/α-hetero) is 1. The molecule has 2 heterocycles. The first-order chi connectivity index (χ1) is 17.4. The third-order valence-electron chi connectivity index (χ3n) is 6.07. The van der Waals surface area contributed by atoms with E-state index in [1.54, 1.807) is 49.6 Å². The number of thiazole rings is 1. The van der Waals surface area contributed by atoms with Crippen molar-refractivity contribution in [1.29, 1.82) is 0 Å². The fourth-order valence-corrected chi connectivity index (χ4v) is 5.27. The van der Waals surface area contributed by atoms with E-state index in [4.69, 9.17) is 9.47 Å². The average molecular weight is 501 g/mol. The van der Waals surface area contributed by atoms with E-state index in [1.165, 1.54) is 16.2 Å². The Balaban J connectivity index is 1.69. The molecule has 0 saturated carbocycles. The van der Waals surface area contributed by atoms with Crippen LogP contribution < -0.4 is 14.4 Å². The molecule has 4 aromatic rings. The molecule has 0 spiro atoms. The van der Waals surface area contributed by atoms with Gasteiger partial charge in [-0.05, 0) is 49.7 Å². The molecule has 1 unspecified atom stereocenters. The summed E-state index contributed by atoms with van der Waals surface area (Å²) in [7, 11) is 1.58. The zero-order valence-corrected chi connectivity index (χ0v) is 20.8. The van der Waals surface area contributed by atoms with E-state index in [2.05, 4.69) is 4.98 Å². The monoisotopic (exact) mass is 500 g/mol. The molecule has 0 bridgehead atoms. The second kappa shape index (κ2) is 9.47. The van der Waals surface area contributed by atoms with Gasteiger partial charge in [-0.1, -0.05) is 53.3 Å². The number of aliphatic hydroxyl groups excluding tert-OH is 1. The highest BCUT2D eigenvalue weighted by atomic mass is 32.1. The molecule has 1 amide bonds. The maximum absolute atomic E-state index is 13.4. The lowest BCUT2D eigenvalue weighted by atomic mass is 9.95. The second-order valence-electron chi connectivity index (χ2n) is 8.37. The van der Waals surface area contributed by atoms with Crippen molar-refractivity contribution in [2.75, 3.05) is 18.6 Å². The Kier molecular flexibility index (Phi) is 6.20. The summed E-state index contributed by atoms with van der Waals surface area (Å²) < 4.78 is 11.7. The molecule has 1 atom stereocenters. The lowest BCUT2D eigenvalue weighted by molar-refractivity contribution is -0.132. The number of nitrogens with zero attached hydrogens (tertiary/aromatic N) is 2. The predicted octanol–water partition coefficient (Wildman–Crippen LogP) is 5.64. The van der Waals surface area contributed by atoms with Crippen LogP contribution >= 0.6 is 11.3 Å². The number of ketones is 1. The number of aryl methyl sites for hydroxylation is 1. The van der Waals surface area contributed by atoms with Crippen molar-refractivity contribution in [2.45, 2.75) is 19.9 Å². The molecular weight excluding hydrogens is 476 g/mol. The van der Waals surface area contributed by atoms with Gasteiger partial charge in [0.2, 0.25) is 0 Å². The molecule has 8 heteroatoms. The maximum Gasteiger partial charge on any atom is 0.301 e. The Morgan fingerprint density at radius 1 is 1.03 bits per heavy atom. The van der Waals surface area contributed by atoms with Gasteiger partial charge >= 0.3 is 5.91 Å². The van der Waals surface area contributed by atoms with Crippen molar-refractivity contribution in [3.8, 4) is 11.5 Å². The fourth-order valence-electron chi connectivity index (χ4n) is 4.25. The van der Waals surface area contributed by atoms with Crippen LogP contribution in [0, 0.1) is 6.92 Å². The van der Waals surface area contributed by atoms with E-state index >= 15 is 0 Å². The van der Waals surface area contributed by atoms with E-state index in [0.29, 0.717) is 39.9 Å². The van der Waals surface area contributed by atoms with Gasteiger partial charge in [0, 0.05) is 5.56 Å². The van der Waals surface area contributed by atoms with Crippen molar-refractivity contribution in [3.05, 3.63) is 89.0 Å². The van der Waals surface area contributed by atoms with Crippen molar-refractivity contribution < 1.29 is 24.2 Å². The first-order valence-corrected chi connectivity index (χ1v) is 12.3. The van der Waals surface area contributed by atoms with E-state index in [1.807, 2.05) is 38.1 Å². The van der Waals surface area contributed by atoms with Crippen LogP contribution in [0.1, 0.15) is 29.7 Å². The fraction of sp³-hybridized carbons (Fsp3) is 0.179. The van der Waals surface area contributed by atoms with Crippen molar-refractivity contribution >= 4 is 44.1 Å². The number of aliphatic hydroxyl groups is 1. The molecule has 1 aliphatic rings. The number of carbonyl (C=O) groups is 2. The number of methoxy groups -OCH3 is 1. The van der Waals surface area contributed by atoms with E-state index in [-0.39, 0.29) is 11.3 Å². The van der Waals surface area contributed by atoms with Gasteiger partial charge in [0.1, 0.15) is 17.3 Å². The molecule has 182 valence electrons. The molecule has 1 aliphatic heterocycles. The maximum atomic E-state index is 13.4. The van der Waals surface area contributed by atoms with Crippen molar-refractivity contribution in [2.24, 2.45) is 0 Å². The normalized spacial score (nSPS) is 17.1. The zero-order chi connectivity index (χ0) is 25.4. The number of aromatic nitrogens is 1. The van der Waals surface area contributed by atoms with Crippen molar-refractivity contribution in [1.82, 2.24) is 4.98 Å². The van der Waals surface area contributed by atoms with E-state index in [0.717, 1.165) is 10.3 Å². The van der Waals surface area contributed by atoms with Crippen LogP contribution in [0.2, 0.25) is 0 Å². The lowest BCUT2D eigenvalue weighted by Crippen LogP contribution is -2.29. The standard InChI is InChI=1S/C28H24N2O5S/c1-4-35-19-11-9-17(10-12-19)24-23(25(31)18-7-5-16(2)6-8-18)26(32)27(33)30(24)28-29-21-14-13-20(34-3)15-22(21)36-28/h5-15,24,31H,4H2,1-3H3. The molecular formula is C28H24N2O5S. The summed E-state index contributed by atoms with van der Waals surface area (Å²) >= 11 is 1.28. The minimum atomic E-state index is -0.857. The van der Waals surface area contributed by atoms with Crippen LogP contribution in [-0.2, 0) is 9.59 Å². The van der Waals surface area contributed by atoms with Gasteiger partial charge in [-0.15, -0.1) is 0 Å². The molecule has 1 N–H and O–H groups in total. The zero-order valence-electron chi connectivity index (χ0n) is 20.0. The number of fused-ring (bicyclic) bond motifs is 1. The van der Waals surface area contributed by atoms with Gasteiger partial charge in [-0.25, -0.2) is 4.98 Å². The van der Waals surface area contributed by atoms with Crippen LogP contribution in [0.15, 0.2) is 72.3 Å². The highest BCUT2D eigenvalue weighted by molar-refractivity contribution is 7.22. The van der Waals surface area contributed by atoms with Crippen molar-refractivity contribution in [3.63, 3.8) is 0 Å². The SMILES string of the molecule is CCOc1ccc(C2C(=C(O)c3ccc(C)cc3)C(=O)C(=O)N2c2nc3ccc(OC)cc3s2)cc1. The molecule has 5 rings (SSSR count). The Bertz CT molecular complexity index is 1490. The highest BCUT2D eigenvalue weighted by Gasteiger charge is 2.48. The van der Waals surface area contributed by atoms with Crippen LogP contribution in [0.4, 0.5) is 5.13 Å². The first kappa shape index (κ1) is 23.6. The summed E-state index contributed by atoms with van der Waals surface area (Å²) in [6.07, 6.45) is 0. The largest absolute Gasteiger partial charge is 0.507 e. The summed E-state index contributed by atoms with van der Waals surface area (Å²) in [5, 5.41) is 11.6. The number of rotatable bonds is 6. The van der Waals surface area contributed by atoms with E-state index in [9.17, 15) is 14.7 Å². The van der Waals surface area contributed by atoms with Crippen LogP contribution in [0.3, 0.4) is 0 Å². The Morgan fingerprint density at radius 3 is 2.39 bits per heavy atom. The third-order valence-corrected chi connectivity index (χ3v) is 7.08. The smallest absolute Gasteiger partial charge is 0.301 e. The number of ether oxygens (including phenoxy) is 2. The quantitative estimate of drug-likeness (QED) is 0.209. The van der Waals surface area contributed by atoms with Gasteiger partial charge in [0.05, 0.1) is 35.5 Å². The summed E-state index contributed by atoms with van der Waals surface area (Å²) in [6.45, 7) is 4.34. The number of benzene rings is 3. The summed E-state index contributed by atoms with van der Waals surface area (Å²) in [4.78, 5) is 32.8. The summed E-state index contributed by atoms with van der Waals surface area (Å²) in [6, 6.07) is 18.9. The number of hydrogen-bond acceptors (Lipinski definition) is 7. The lowest BCUT2D eigenvalue weighted by Gasteiger charge is -2.23. The van der Waals surface area contributed by atoms with Gasteiger partial charge in [0.15, 0.2) is 5.13 Å². The molecule has 1 aromatic heterocycles. The Hall–Kier alpha value is -4.17. The summed E-state index contributed by atoms with van der Waals surface area (Å²) in [5.74, 6) is -0.388. The number of amides is 1. The van der Waals surface area contributed by atoms with Gasteiger partial charge < -0.3 is 14.6 Å². The molecule has 3 aromatic carbocycles. The predicted molar refractivity (Wildman–Crippen MR) is 140 cm³/mol. The van der Waals surface area contributed by atoms with E-state index < -0.39 is 17.7 Å². The second-order valence-corrected chi connectivity index (χ2v) is 9.38. The molecule has 1 fully saturated rings. The van der Waals surface area contributed by atoms with Gasteiger partial charge in [-0.2, -0.15) is 0 Å². The topological polar surface area (TPSA) is 89.0 Å². The summed E-state index contributed by atoms with van der Waals surface area (Å²) in [5.41, 5.74) is 2.83. The average Bonchev–Trinajstić information content (AvgIpc) is 3.42. The number of anilines is 1. The number of hydrogen-bond donors (Lipinski definition) is 1. The Morgan fingerprint density at radius 2 is 1.72 bits per heavy atom. The third kappa shape index (κ3) is 4.09. The molecule has 36 heavy (non-hydrogen) atoms. The first-order valence-electron chi connectivity index (χ1n) is 11.5. The molecule has 1 saturated heterocycles. The molecule has 0 radical (unpaired) electrons. The van der Waals surface area contributed by atoms with Gasteiger partial charge in [0.25, 0.3) is 5.78 Å². The minimum Gasteiger partial charge on any atom is -0.507 e. The van der Waals surface area contributed by atoms with Crippen LogP contribution in [0.25, 0.3) is 16.0 Å². The van der Waals surface area contributed by atoms with Crippen LogP contribution in [-0.4, -0.2) is 35.5 Å². The van der Waals surface area contributed by atoms with Gasteiger partial charge in [-0.3, -0.25) is 14.5 Å².